The second-order valence-corrected chi connectivity index (χ2v) is 7.70. The van der Waals surface area contributed by atoms with E-state index in [-0.39, 0.29) is 17.5 Å². The Morgan fingerprint density at radius 2 is 1.93 bits per heavy atom. The van der Waals surface area contributed by atoms with E-state index in [9.17, 15) is 10.1 Å². The smallest absolute Gasteiger partial charge is 0.262 e. The number of nitrogens with one attached hydrogen (secondary N) is 1. The minimum absolute atomic E-state index is 0.0905. The van der Waals surface area contributed by atoms with Crippen molar-refractivity contribution in [3.05, 3.63) is 65.2 Å². The van der Waals surface area contributed by atoms with Crippen molar-refractivity contribution in [1.29, 1.82) is 5.26 Å². The Hall–Kier alpha value is -3.26. The van der Waals surface area contributed by atoms with Crippen molar-refractivity contribution < 1.29 is 14.3 Å². The van der Waals surface area contributed by atoms with Crippen molar-refractivity contribution >= 4 is 12.0 Å². The van der Waals surface area contributed by atoms with E-state index in [1.807, 2.05) is 42.5 Å². The molecule has 1 aliphatic carbocycles. The fourth-order valence-corrected chi connectivity index (χ4v) is 3.72. The van der Waals surface area contributed by atoms with Gasteiger partial charge in [-0.05, 0) is 48.1 Å². The molecule has 156 valence electrons. The maximum atomic E-state index is 12.6. The Balaban J connectivity index is 1.71. The fourth-order valence-electron chi connectivity index (χ4n) is 3.72. The third-order valence-electron chi connectivity index (χ3n) is 5.53. The van der Waals surface area contributed by atoms with Crippen LogP contribution in [0, 0.1) is 17.2 Å². The topological polar surface area (TPSA) is 71.3 Å². The summed E-state index contributed by atoms with van der Waals surface area (Å²) in [4.78, 5) is 12.6. The lowest BCUT2D eigenvalue weighted by Crippen LogP contribution is -2.41. The molecule has 0 spiro atoms. The zero-order valence-electron chi connectivity index (χ0n) is 17.6. The van der Waals surface area contributed by atoms with Gasteiger partial charge in [-0.1, -0.05) is 56.2 Å². The number of methoxy groups -OCH3 is 1. The van der Waals surface area contributed by atoms with Crippen LogP contribution in [0.1, 0.15) is 43.7 Å². The summed E-state index contributed by atoms with van der Waals surface area (Å²) in [6.45, 7) is 2.58. The highest BCUT2D eigenvalue weighted by atomic mass is 16.5. The summed E-state index contributed by atoms with van der Waals surface area (Å²) in [5, 5.41) is 12.5. The monoisotopic (exact) mass is 404 g/mol. The van der Waals surface area contributed by atoms with Crippen molar-refractivity contribution in [3.63, 3.8) is 0 Å². The van der Waals surface area contributed by atoms with E-state index >= 15 is 0 Å². The van der Waals surface area contributed by atoms with E-state index in [1.165, 1.54) is 6.42 Å². The Morgan fingerprint density at radius 3 is 2.63 bits per heavy atom. The van der Waals surface area contributed by atoms with E-state index in [4.69, 9.17) is 9.47 Å². The molecule has 0 saturated heterocycles. The van der Waals surface area contributed by atoms with Gasteiger partial charge in [0.05, 0.1) is 7.11 Å². The molecule has 0 unspecified atom stereocenters. The summed E-state index contributed by atoms with van der Waals surface area (Å²) >= 11 is 0. The van der Waals surface area contributed by atoms with Crippen molar-refractivity contribution in [2.75, 3.05) is 7.11 Å². The minimum Gasteiger partial charge on any atom is -0.493 e. The molecular formula is C25H28N2O3. The second-order valence-electron chi connectivity index (χ2n) is 7.70. The molecule has 1 fully saturated rings. The van der Waals surface area contributed by atoms with Crippen molar-refractivity contribution in [3.8, 4) is 17.6 Å². The molecule has 1 saturated carbocycles. The standard InChI is InChI=1S/C25H28N2O3/c1-18-8-6-7-11-22(18)27-25(28)21(16-26)14-20-12-13-23(24(15-20)29-2)30-17-19-9-4-3-5-10-19/h3-5,9-10,12-15,18,22H,6-8,11,17H2,1-2H3,(H,27,28)/b21-14+/t18-,22+/m0/s1. The summed E-state index contributed by atoms with van der Waals surface area (Å²) in [6.07, 6.45) is 5.98. The normalized spacial score (nSPS) is 18.9. The van der Waals surface area contributed by atoms with Gasteiger partial charge in [-0.3, -0.25) is 4.79 Å². The lowest BCUT2D eigenvalue weighted by molar-refractivity contribution is -0.118. The summed E-state index contributed by atoms with van der Waals surface area (Å²) in [6, 6.07) is 17.4. The van der Waals surface area contributed by atoms with E-state index in [2.05, 4.69) is 12.2 Å². The van der Waals surface area contributed by atoms with Gasteiger partial charge >= 0.3 is 0 Å². The largest absolute Gasteiger partial charge is 0.493 e. The third kappa shape index (κ3) is 5.64. The lowest BCUT2D eigenvalue weighted by atomic mass is 9.86. The number of hydrogen-bond acceptors (Lipinski definition) is 4. The van der Waals surface area contributed by atoms with Gasteiger partial charge < -0.3 is 14.8 Å². The maximum absolute atomic E-state index is 12.6. The zero-order valence-corrected chi connectivity index (χ0v) is 17.6. The Kier molecular flexibility index (Phi) is 7.51. The molecule has 0 bridgehead atoms. The molecule has 0 aliphatic heterocycles. The second kappa shape index (κ2) is 10.5. The number of rotatable bonds is 7. The van der Waals surface area contributed by atoms with Gasteiger partial charge in [-0.15, -0.1) is 0 Å². The SMILES string of the molecule is COc1cc(/C=C(\C#N)C(=O)N[C@@H]2CCCC[C@@H]2C)ccc1OCc1ccccc1. The van der Waals surface area contributed by atoms with Crippen molar-refractivity contribution in [2.45, 2.75) is 45.3 Å². The Morgan fingerprint density at radius 1 is 1.17 bits per heavy atom. The average Bonchev–Trinajstić information content (AvgIpc) is 2.78. The van der Waals surface area contributed by atoms with Gasteiger partial charge in [-0.2, -0.15) is 5.26 Å². The number of ether oxygens (including phenoxy) is 2. The predicted octanol–water partition coefficient (Wildman–Crippen LogP) is 4.88. The first-order valence-electron chi connectivity index (χ1n) is 10.4. The molecule has 0 radical (unpaired) electrons. The first kappa shape index (κ1) is 21.4. The van der Waals surface area contributed by atoms with Crippen LogP contribution in [-0.2, 0) is 11.4 Å². The van der Waals surface area contributed by atoms with Crippen LogP contribution in [0.5, 0.6) is 11.5 Å². The zero-order chi connectivity index (χ0) is 21.3. The van der Waals surface area contributed by atoms with Gasteiger partial charge in [0.2, 0.25) is 0 Å². The number of hydrogen-bond donors (Lipinski definition) is 1. The van der Waals surface area contributed by atoms with Crippen LogP contribution in [0.25, 0.3) is 6.08 Å². The van der Waals surface area contributed by atoms with Crippen LogP contribution in [0.4, 0.5) is 0 Å². The number of carbonyl (C=O) groups is 1. The lowest BCUT2D eigenvalue weighted by Gasteiger charge is -2.29. The first-order valence-corrected chi connectivity index (χ1v) is 10.4. The molecule has 2 aromatic rings. The molecule has 30 heavy (non-hydrogen) atoms. The number of benzene rings is 2. The Bertz CT molecular complexity index is 931. The number of carbonyl (C=O) groups excluding carboxylic acids is 1. The number of amides is 1. The quantitative estimate of drug-likeness (QED) is 0.528. The summed E-state index contributed by atoms with van der Waals surface area (Å²) in [5.74, 6) is 1.28. The highest BCUT2D eigenvalue weighted by Crippen LogP contribution is 2.30. The molecule has 1 N–H and O–H groups in total. The van der Waals surface area contributed by atoms with E-state index < -0.39 is 0 Å². The molecule has 1 aliphatic rings. The van der Waals surface area contributed by atoms with E-state index in [0.29, 0.717) is 29.6 Å². The van der Waals surface area contributed by atoms with Crippen LogP contribution in [0.3, 0.4) is 0 Å². The van der Waals surface area contributed by atoms with Gasteiger partial charge in [0.15, 0.2) is 11.5 Å². The summed E-state index contributed by atoms with van der Waals surface area (Å²) in [7, 11) is 1.57. The fraction of sp³-hybridized carbons (Fsp3) is 0.360. The van der Waals surface area contributed by atoms with Crippen LogP contribution >= 0.6 is 0 Å². The van der Waals surface area contributed by atoms with Crippen molar-refractivity contribution in [1.82, 2.24) is 5.32 Å². The van der Waals surface area contributed by atoms with Crippen LogP contribution in [-0.4, -0.2) is 19.1 Å². The van der Waals surface area contributed by atoms with Crippen LogP contribution in [0.2, 0.25) is 0 Å². The van der Waals surface area contributed by atoms with E-state index in [0.717, 1.165) is 24.8 Å². The van der Waals surface area contributed by atoms with Crippen LogP contribution in [0.15, 0.2) is 54.1 Å². The highest BCUT2D eigenvalue weighted by Gasteiger charge is 2.24. The highest BCUT2D eigenvalue weighted by molar-refractivity contribution is 6.01. The summed E-state index contributed by atoms with van der Waals surface area (Å²) < 4.78 is 11.3. The van der Waals surface area contributed by atoms with Gasteiger partial charge in [0, 0.05) is 6.04 Å². The third-order valence-corrected chi connectivity index (χ3v) is 5.53. The minimum atomic E-state index is -0.320. The molecule has 3 rings (SSSR count). The summed E-state index contributed by atoms with van der Waals surface area (Å²) in [5.41, 5.74) is 1.86. The van der Waals surface area contributed by atoms with Gasteiger partial charge in [0.25, 0.3) is 5.91 Å². The molecule has 2 atom stereocenters. The van der Waals surface area contributed by atoms with E-state index in [1.54, 1.807) is 25.3 Å². The molecule has 2 aromatic carbocycles. The maximum Gasteiger partial charge on any atom is 0.262 e. The first-order chi connectivity index (χ1) is 14.6. The molecule has 5 heteroatoms. The number of nitrogens with zero attached hydrogens (tertiary/aromatic N) is 1. The Labute approximate surface area is 178 Å². The predicted molar refractivity (Wildman–Crippen MR) is 117 cm³/mol. The van der Waals surface area contributed by atoms with Gasteiger partial charge in [0.1, 0.15) is 18.2 Å². The molecule has 5 nitrogen and oxygen atoms in total. The molecule has 0 heterocycles. The number of nitriles is 1. The van der Waals surface area contributed by atoms with Gasteiger partial charge in [-0.25, -0.2) is 0 Å². The average molecular weight is 405 g/mol. The molecule has 0 aromatic heterocycles. The molecule has 1 amide bonds. The van der Waals surface area contributed by atoms with Crippen LogP contribution < -0.4 is 14.8 Å². The van der Waals surface area contributed by atoms with Crippen molar-refractivity contribution in [2.24, 2.45) is 5.92 Å². The molecular weight excluding hydrogens is 376 g/mol.